The standard InChI is InChI=1S/C15H13Cl2NO2/c16-13-6-3-11(9-14(13)17)18-8-7-15(20)10-1-4-12(19)5-2-10/h1-6,9,18-19H,7-8H2. The zero-order valence-corrected chi connectivity index (χ0v) is 12.1. The van der Waals surface area contributed by atoms with Crippen molar-refractivity contribution in [3.05, 3.63) is 58.1 Å². The van der Waals surface area contributed by atoms with Gasteiger partial charge in [-0.05, 0) is 42.5 Å². The van der Waals surface area contributed by atoms with Crippen molar-refractivity contribution >= 4 is 34.7 Å². The van der Waals surface area contributed by atoms with Crippen LogP contribution in [-0.4, -0.2) is 17.4 Å². The van der Waals surface area contributed by atoms with Crippen LogP contribution in [0.25, 0.3) is 0 Å². The lowest BCUT2D eigenvalue weighted by Gasteiger charge is -2.07. The summed E-state index contributed by atoms with van der Waals surface area (Å²) in [5.74, 6) is 0.160. The lowest BCUT2D eigenvalue weighted by Crippen LogP contribution is -2.08. The summed E-state index contributed by atoms with van der Waals surface area (Å²) < 4.78 is 0. The molecule has 0 aliphatic heterocycles. The minimum Gasteiger partial charge on any atom is -0.508 e. The second-order valence-corrected chi connectivity index (χ2v) is 5.09. The Bertz CT molecular complexity index is 612. The molecule has 0 saturated carbocycles. The van der Waals surface area contributed by atoms with E-state index in [0.29, 0.717) is 28.6 Å². The third-order valence-corrected chi connectivity index (χ3v) is 3.53. The molecule has 0 fully saturated rings. The van der Waals surface area contributed by atoms with E-state index in [4.69, 9.17) is 28.3 Å². The van der Waals surface area contributed by atoms with Crippen LogP contribution in [0.3, 0.4) is 0 Å². The number of ketones is 1. The quantitative estimate of drug-likeness (QED) is 0.806. The van der Waals surface area contributed by atoms with Crippen molar-refractivity contribution in [2.24, 2.45) is 0 Å². The molecular weight excluding hydrogens is 297 g/mol. The molecular formula is C15H13Cl2NO2. The second-order valence-electron chi connectivity index (χ2n) is 4.28. The fraction of sp³-hybridized carbons (Fsp3) is 0.133. The molecule has 104 valence electrons. The number of nitrogens with one attached hydrogen (secondary N) is 1. The van der Waals surface area contributed by atoms with Crippen molar-refractivity contribution in [3.63, 3.8) is 0 Å². The van der Waals surface area contributed by atoms with Crippen molar-refractivity contribution in [1.82, 2.24) is 0 Å². The summed E-state index contributed by atoms with van der Waals surface area (Å²) in [5.41, 5.74) is 1.40. The molecule has 2 N–H and O–H groups in total. The molecule has 2 rings (SSSR count). The Morgan fingerprint density at radius 1 is 1.05 bits per heavy atom. The zero-order valence-electron chi connectivity index (χ0n) is 10.6. The Labute approximate surface area is 127 Å². The molecule has 0 amide bonds. The van der Waals surface area contributed by atoms with Crippen LogP contribution >= 0.6 is 23.2 Å². The topological polar surface area (TPSA) is 49.3 Å². The fourth-order valence-corrected chi connectivity index (χ4v) is 2.02. The van der Waals surface area contributed by atoms with Gasteiger partial charge in [-0.15, -0.1) is 0 Å². The SMILES string of the molecule is O=C(CCNc1ccc(Cl)c(Cl)c1)c1ccc(O)cc1. The molecule has 0 aliphatic rings. The van der Waals surface area contributed by atoms with Crippen LogP contribution < -0.4 is 5.32 Å². The molecule has 3 nitrogen and oxygen atoms in total. The predicted octanol–water partition coefficient (Wildman–Crippen LogP) is 4.38. The van der Waals surface area contributed by atoms with Crippen molar-refractivity contribution in [1.29, 1.82) is 0 Å². The van der Waals surface area contributed by atoms with Gasteiger partial charge in [-0.1, -0.05) is 23.2 Å². The van der Waals surface area contributed by atoms with Crippen LogP contribution in [0.4, 0.5) is 5.69 Å². The molecule has 0 aliphatic carbocycles. The Kier molecular flexibility index (Phi) is 4.88. The molecule has 0 aromatic heterocycles. The number of hydrogen-bond donors (Lipinski definition) is 2. The van der Waals surface area contributed by atoms with Crippen LogP contribution in [0.5, 0.6) is 5.75 Å². The van der Waals surface area contributed by atoms with Gasteiger partial charge in [0.25, 0.3) is 0 Å². The lowest BCUT2D eigenvalue weighted by atomic mass is 10.1. The van der Waals surface area contributed by atoms with Crippen molar-refractivity contribution < 1.29 is 9.90 Å². The highest BCUT2D eigenvalue weighted by molar-refractivity contribution is 6.42. The Morgan fingerprint density at radius 3 is 2.40 bits per heavy atom. The summed E-state index contributed by atoms with van der Waals surface area (Å²) in [6.07, 6.45) is 0.352. The van der Waals surface area contributed by atoms with Crippen LogP contribution in [0.1, 0.15) is 16.8 Å². The molecule has 5 heteroatoms. The first-order chi connectivity index (χ1) is 9.56. The minimum absolute atomic E-state index is 0.0116. The summed E-state index contributed by atoms with van der Waals surface area (Å²) in [6, 6.07) is 11.4. The number of hydrogen-bond acceptors (Lipinski definition) is 3. The maximum atomic E-state index is 11.9. The molecule has 20 heavy (non-hydrogen) atoms. The van der Waals surface area contributed by atoms with Crippen LogP contribution in [0.2, 0.25) is 10.0 Å². The normalized spacial score (nSPS) is 10.3. The molecule has 0 unspecified atom stereocenters. The molecule has 2 aromatic rings. The highest BCUT2D eigenvalue weighted by atomic mass is 35.5. The first-order valence-electron chi connectivity index (χ1n) is 6.07. The number of carbonyl (C=O) groups excluding carboxylic acids is 1. The maximum Gasteiger partial charge on any atom is 0.164 e. The van der Waals surface area contributed by atoms with E-state index in [1.54, 1.807) is 30.3 Å². The predicted molar refractivity (Wildman–Crippen MR) is 82.0 cm³/mol. The molecule has 2 aromatic carbocycles. The van der Waals surface area contributed by atoms with Gasteiger partial charge >= 0.3 is 0 Å². The van der Waals surface area contributed by atoms with Gasteiger partial charge in [0.15, 0.2) is 5.78 Å². The summed E-state index contributed by atoms with van der Waals surface area (Å²) in [6.45, 7) is 0.498. The van der Waals surface area contributed by atoms with Gasteiger partial charge in [0.1, 0.15) is 5.75 Å². The van der Waals surface area contributed by atoms with E-state index in [0.717, 1.165) is 5.69 Å². The van der Waals surface area contributed by atoms with E-state index < -0.39 is 0 Å². The number of rotatable bonds is 5. The van der Waals surface area contributed by atoms with Gasteiger partial charge in [-0.3, -0.25) is 4.79 Å². The second kappa shape index (κ2) is 6.64. The van der Waals surface area contributed by atoms with Crippen molar-refractivity contribution in [2.75, 3.05) is 11.9 Å². The van der Waals surface area contributed by atoms with Crippen LogP contribution in [0.15, 0.2) is 42.5 Å². The summed E-state index contributed by atoms with van der Waals surface area (Å²) >= 11 is 11.7. The maximum absolute atomic E-state index is 11.9. The van der Waals surface area contributed by atoms with E-state index in [9.17, 15) is 4.79 Å². The Morgan fingerprint density at radius 2 is 1.75 bits per heavy atom. The lowest BCUT2D eigenvalue weighted by molar-refractivity contribution is 0.0986. The summed E-state index contributed by atoms with van der Waals surface area (Å²) in [7, 11) is 0. The third-order valence-electron chi connectivity index (χ3n) is 2.79. The van der Waals surface area contributed by atoms with E-state index >= 15 is 0 Å². The van der Waals surface area contributed by atoms with Gasteiger partial charge in [-0.2, -0.15) is 0 Å². The van der Waals surface area contributed by atoms with Gasteiger partial charge in [-0.25, -0.2) is 0 Å². The number of phenols is 1. The van der Waals surface area contributed by atoms with Crippen molar-refractivity contribution in [2.45, 2.75) is 6.42 Å². The van der Waals surface area contributed by atoms with E-state index in [1.165, 1.54) is 12.1 Å². The highest BCUT2D eigenvalue weighted by Gasteiger charge is 2.06. The average Bonchev–Trinajstić information content (AvgIpc) is 2.43. The minimum atomic E-state index is 0.0116. The average molecular weight is 310 g/mol. The monoisotopic (exact) mass is 309 g/mol. The zero-order chi connectivity index (χ0) is 14.5. The number of phenolic OH excluding ortho intramolecular Hbond substituents is 1. The van der Waals surface area contributed by atoms with Gasteiger partial charge < -0.3 is 10.4 Å². The number of aromatic hydroxyl groups is 1. The number of benzene rings is 2. The molecule has 0 atom stereocenters. The van der Waals surface area contributed by atoms with E-state index in [1.807, 2.05) is 0 Å². The number of Topliss-reactive ketones (excluding diaryl/α,β-unsaturated/α-hetero) is 1. The summed E-state index contributed by atoms with van der Waals surface area (Å²) in [4.78, 5) is 11.9. The van der Waals surface area contributed by atoms with Crippen LogP contribution in [-0.2, 0) is 0 Å². The molecule has 0 radical (unpaired) electrons. The largest absolute Gasteiger partial charge is 0.508 e. The first-order valence-corrected chi connectivity index (χ1v) is 6.83. The molecule has 0 spiro atoms. The number of halogens is 2. The van der Waals surface area contributed by atoms with Crippen molar-refractivity contribution in [3.8, 4) is 5.75 Å². The first kappa shape index (κ1) is 14.7. The van der Waals surface area contributed by atoms with E-state index in [2.05, 4.69) is 5.32 Å². The Hall–Kier alpha value is -1.71. The third kappa shape index (κ3) is 3.89. The molecule has 0 saturated heterocycles. The smallest absolute Gasteiger partial charge is 0.164 e. The molecule has 0 heterocycles. The van der Waals surface area contributed by atoms with Gasteiger partial charge in [0.2, 0.25) is 0 Å². The Balaban J connectivity index is 1.87. The van der Waals surface area contributed by atoms with Gasteiger partial charge in [0, 0.05) is 24.2 Å². The van der Waals surface area contributed by atoms with Gasteiger partial charge in [0.05, 0.1) is 10.0 Å². The number of carbonyl (C=O) groups is 1. The molecule has 0 bridgehead atoms. The number of anilines is 1. The fourth-order valence-electron chi connectivity index (χ4n) is 1.72. The van der Waals surface area contributed by atoms with Crippen LogP contribution in [0, 0.1) is 0 Å². The highest BCUT2D eigenvalue weighted by Crippen LogP contribution is 2.25. The van der Waals surface area contributed by atoms with E-state index in [-0.39, 0.29) is 11.5 Å². The summed E-state index contributed by atoms with van der Waals surface area (Å²) in [5, 5.41) is 13.2.